The molecule has 1 aliphatic rings. The first-order valence-electron chi connectivity index (χ1n) is 7.80. The number of hydrogen-bond acceptors (Lipinski definition) is 2. The van der Waals surface area contributed by atoms with E-state index in [4.69, 9.17) is 10.5 Å². The molecule has 1 aromatic rings. The van der Waals surface area contributed by atoms with Crippen LogP contribution < -0.4 is 10.5 Å². The summed E-state index contributed by atoms with van der Waals surface area (Å²) in [6.07, 6.45) is 10.4. The fourth-order valence-corrected chi connectivity index (χ4v) is 2.84. The van der Waals surface area contributed by atoms with E-state index in [1.54, 1.807) is 0 Å². The van der Waals surface area contributed by atoms with Gasteiger partial charge in [0.05, 0.1) is 6.61 Å². The van der Waals surface area contributed by atoms with Crippen molar-refractivity contribution in [3.63, 3.8) is 0 Å². The van der Waals surface area contributed by atoms with Gasteiger partial charge in [-0.1, -0.05) is 37.8 Å². The Labute approximate surface area is 117 Å². The molecule has 0 atom stereocenters. The Kier molecular flexibility index (Phi) is 6.22. The second-order valence-electron chi connectivity index (χ2n) is 5.71. The van der Waals surface area contributed by atoms with Gasteiger partial charge in [-0.15, -0.1) is 0 Å². The van der Waals surface area contributed by atoms with Crippen molar-refractivity contribution in [2.75, 3.05) is 13.2 Å². The van der Waals surface area contributed by atoms with E-state index in [2.05, 4.69) is 24.3 Å². The summed E-state index contributed by atoms with van der Waals surface area (Å²) in [5.41, 5.74) is 6.89. The van der Waals surface area contributed by atoms with Crippen LogP contribution in [-0.2, 0) is 6.42 Å². The summed E-state index contributed by atoms with van der Waals surface area (Å²) in [6, 6.07) is 8.50. The molecule has 0 aromatic heterocycles. The van der Waals surface area contributed by atoms with Crippen molar-refractivity contribution in [3.8, 4) is 5.75 Å². The number of nitrogens with two attached hydrogens (primary N) is 1. The Hall–Kier alpha value is -1.02. The summed E-state index contributed by atoms with van der Waals surface area (Å²) < 4.78 is 5.99. The maximum atomic E-state index is 5.99. The average Bonchev–Trinajstić information content (AvgIpc) is 2.72. The van der Waals surface area contributed by atoms with E-state index < -0.39 is 0 Å². The molecule has 0 aliphatic heterocycles. The summed E-state index contributed by atoms with van der Waals surface area (Å²) in [6.45, 7) is 1.65. The van der Waals surface area contributed by atoms with Gasteiger partial charge in [0.2, 0.25) is 0 Å². The Morgan fingerprint density at radius 1 is 1.11 bits per heavy atom. The molecular formula is C17H27NO. The molecule has 19 heavy (non-hydrogen) atoms. The van der Waals surface area contributed by atoms with Gasteiger partial charge in [0.1, 0.15) is 5.75 Å². The lowest BCUT2D eigenvalue weighted by molar-refractivity contribution is 0.233. The quantitative estimate of drug-likeness (QED) is 0.788. The fourth-order valence-electron chi connectivity index (χ4n) is 2.84. The predicted octanol–water partition coefficient (Wildman–Crippen LogP) is 3.93. The van der Waals surface area contributed by atoms with Gasteiger partial charge in [-0.05, 0) is 55.8 Å². The minimum atomic E-state index is 0.757. The number of benzene rings is 1. The third-order valence-corrected chi connectivity index (χ3v) is 4.03. The predicted molar refractivity (Wildman–Crippen MR) is 80.5 cm³/mol. The van der Waals surface area contributed by atoms with Crippen molar-refractivity contribution in [2.24, 2.45) is 11.7 Å². The molecule has 1 aliphatic carbocycles. The third-order valence-electron chi connectivity index (χ3n) is 4.03. The van der Waals surface area contributed by atoms with Crippen LogP contribution in [0, 0.1) is 5.92 Å². The van der Waals surface area contributed by atoms with E-state index in [1.165, 1.54) is 44.1 Å². The van der Waals surface area contributed by atoms with E-state index in [-0.39, 0.29) is 0 Å². The van der Waals surface area contributed by atoms with Gasteiger partial charge in [0.25, 0.3) is 0 Å². The van der Waals surface area contributed by atoms with Gasteiger partial charge >= 0.3 is 0 Å². The maximum absolute atomic E-state index is 5.99. The molecule has 1 saturated carbocycles. The van der Waals surface area contributed by atoms with Crippen LogP contribution in [0.25, 0.3) is 0 Å². The first kappa shape index (κ1) is 14.4. The highest BCUT2D eigenvalue weighted by molar-refractivity contribution is 5.28. The first-order chi connectivity index (χ1) is 9.38. The largest absolute Gasteiger partial charge is 0.493 e. The molecule has 2 N–H and O–H groups in total. The molecule has 0 heterocycles. The van der Waals surface area contributed by atoms with Crippen LogP contribution in [0.3, 0.4) is 0 Å². The van der Waals surface area contributed by atoms with Crippen LogP contribution in [0.5, 0.6) is 5.75 Å². The minimum absolute atomic E-state index is 0.757. The van der Waals surface area contributed by atoms with E-state index in [1.807, 2.05) is 0 Å². The molecule has 1 fully saturated rings. The molecule has 2 heteroatoms. The molecule has 2 nitrogen and oxygen atoms in total. The van der Waals surface area contributed by atoms with Gasteiger partial charge in [-0.2, -0.15) is 0 Å². The number of aryl methyl sites for hydroxylation is 1. The smallest absolute Gasteiger partial charge is 0.119 e. The molecule has 0 saturated heterocycles. The second kappa shape index (κ2) is 8.21. The molecule has 106 valence electrons. The number of ether oxygens (including phenoxy) is 1. The van der Waals surface area contributed by atoms with E-state index >= 15 is 0 Å². The summed E-state index contributed by atoms with van der Waals surface area (Å²) in [5.74, 6) is 1.79. The fraction of sp³-hybridized carbons (Fsp3) is 0.647. The van der Waals surface area contributed by atoms with Crippen LogP contribution in [0.2, 0.25) is 0 Å². The van der Waals surface area contributed by atoms with Crippen molar-refractivity contribution in [3.05, 3.63) is 29.8 Å². The van der Waals surface area contributed by atoms with Crippen molar-refractivity contribution in [1.29, 1.82) is 0 Å². The monoisotopic (exact) mass is 261 g/mol. The van der Waals surface area contributed by atoms with Gasteiger partial charge in [-0.25, -0.2) is 0 Å². The zero-order valence-electron chi connectivity index (χ0n) is 11.9. The third kappa shape index (κ3) is 5.23. The summed E-state index contributed by atoms with van der Waals surface area (Å²) in [7, 11) is 0. The Morgan fingerprint density at radius 2 is 1.89 bits per heavy atom. The summed E-state index contributed by atoms with van der Waals surface area (Å²) in [5, 5.41) is 0. The molecule has 0 bridgehead atoms. The molecule has 0 radical (unpaired) electrons. The average molecular weight is 261 g/mol. The number of rotatable bonds is 6. The van der Waals surface area contributed by atoms with Crippen LogP contribution in [0.4, 0.5) is 0 Å². The molecule has 1 aromatic carbocycles. The molecule has 0 amide bonds. The summed E-state index contributed by atoms with van der Waals surface area (Å²) >= 11 is 0. The highest BCUT2D eigenvalue weighted by atomic mass is 16.5. The molecule has 0 spiro atoms. The lowest BCUT2D eigenvalue weighted by atomic mass is 10.0. The topological polar surface area (TPSA) is 35.2 Å². The zero-order chi connectivity index (χ0) is 13.3. The standard InChI is InChI=1S/C17H27NO/c18-12-6-10-15-9-5-11-17(13-15)19-14-16-7-3-1-2-4-8-16/h5,9,11,13,16H,1-4,6-8,10,12,14,18H2. The van der Waals surface area contributed by atoms with E-state index in [9.17, 15) is 0 Å². The van der Waals surface area contributed by atoms with Crippen LogP contribution in [0.1, 0.15) is 50.5 Å². The van der Waals surface area contributed by atoms with Gasteiger partial charge in [-0.3, -0.25) is 0 Å². The minimum Gasteiger partial charge on any atom is -0.493 e. The normalized spacial score (nSPS) is 17.1. The van der Waals surface area contributed by atoms with Gasteiger partial charge in [0, 0.05) is 0 Å². The van der Waals surface area contributed by atoms with Crippen molar-refractivity contribution < 1.29 is 4.74 Å². The molecule has 0 unspecified atom stereocenters. The van der Waals surface area contributed by atoms with E-state index in [0.717, 1.165) is 37.7 Å². The summed E-state index contributed by atoms with van der Waals surface area (Å²) in [4.78, 5) is 0. The lowest BCUT2D eigenvalue weighted by Gasteiger charge is -2.15. The van der Waals surface area contributed by atoms with Crippen LogP contribution >= 0.6 is 0 Å². The maximum Gasteiger partial charge on any atom is 0.119 e. The molecule has 2 rings (SSSR count). The Balaban J connectivity index is 1.81. The first-order valence-corrected chi connectivity index (χ1v) is 7.80. The Morgan fingerprint density at radius 3 is 2.63 bits per heavy atom. The van der Waals surface area contributed by atoms with Crippen molar-refractivity contribution >= 4 is 0 Å². The van der Waals surface area contributed by atoms with Crippen LogP contribution in [-0.4, -0.2) is 13.2 Å². The zero-order valence-corrected chi connectivity index (χ0v) is 11.9. The van der Waals surface area contributed by atoms with Crippen molar-refractivity contribution in [1.82, 2.24) is 0 Å². The Bertz CT molecular complexity index is 356. The lowest BCUT2D eigenvalue weighted by Crippen LogP contribution is -2.11. The number of hydrogen-bond donors (Lipinski definition) is 1. The molecular weight excluding hydrogens is 234 g/mol. The van der Waals surface area contributed by atoms with Gasteiger partial charge in [0.15, 0.2) is 0 Å². The van der Waals surface area contributed by atoms with Crippen molar-refractivity contribution in [2.45, 2.75) is 51.4 Å². The van der Waals surface area contributed by atoms with Crippen LogP contribution in [0.15, 0.2) is 24.3 Å². The second-order valence-corrected chi connectivity index (χ2v) is 5.71. The highest BCUT2D eigenvalue weighted by Gasteiger charge is 2.12. The SMILES string of the molecule is NCCCc1cccc(OCC2CCCCCC2)c1. The highest BCUT2D eigenvalue weighted by Crippen LogP contribution is 2.24. The van der Waals surface area contributed by atoms with Gasteiger partial charge < -0.3 is 10.5 Å². The van der Waals surface area contributed by atoms with E-state index in [0.29, 0.717) is 0 Å².